The average Bonchev–Trinajstić information content (AvgIpc) is 3.66. The number of aromatic amines is 1. The summed E-state index contributed by atoms with van der Waals surface area (Å²) in [5, 5.41) is 17.9. The van der Waals surface area contributed by atoms with Gasteiger partial charge in [0.15, 0.2) is 0 Å². The number of aromatic nitrogens is 6. The third-order valence-corrected chi connectivity index (χ3v) is 8.83. The van der Waals surface area contributed by atoms with Crippen LogP contribution >= 0.6 is 11.6 Å². The summed E-state index contributed by atoms with van der Waals surface area (Å²) in [6.07, 6.45) is 7.27. The molecule has 0 atom stereocenters. The van der Waals surface area contributed by atoms with Gasteiger partial charge in [-0.3, -0.25) is 5.10 Å². The molecular weight excluding hydrogens is 572 g/mol. The maximum atomic E-state index is 7.00. The molecule has 1 aliphatic rings. The van der Waals surface area contributed by atoms with Crippen molar-refractivity contribution in [3.8, 4) is 22.6 Å². The van der Waals surface area contributed by atoms with Crippen molar-refractivity contribution in [3.05, 3.63) is 82.8 Å². The number of aryl methyl sites for hydroxylation is 2. The number of benzene rings is 3. The highest BCUT2D eigenvalue weighted by Gasteiger charge is 2.20. The minimum Gasteiger partial charge on any atom is -0.492 e. The molecule has 3 aromatic carbocycles. The number of hydrogen-bond acceptors (Lipinski definition) is 7. The number of rotatable bonds is 8. The maximum Gasteiger partial charge on any atom is 0.225 e. The summed E-state index contributed by atoms with van der Waals surface area (Å²) in [6, 6.07) is 16.2. The fraction of sp³-hybridized carbons (Fsp3) is 0.294. The molecule has 2 N–H and O–H groups in total. The summed E-state index contributed by atoms with van der Waals surface area (Å²) in [4.78, 5) is 12.3. The average molecular weight is 607 g/mol. The van der Waals surface area contributed by atoms with E-state index in [-0.39, 0.29) is 0 Å². The Kier molecular flexibility index (Phi) is 7.56. The second-order valence-corrected chi connectivity index (χ2v) is 11.9. The number of ether oxygens (including phenoxy) is 1. The normalized spacial score (nSPS) is 13.6. The van der Waals surface area contributed by atoms with E-state index in [0.29, 0.717) is 24.1 Å². The van der Waals surface area contributed by atoms with Gasteiger partial charge in [0.2, 0.25) is 5.95 Å². The molecular formula is C34H35ClN8O. The summed E-state index contributed by atoms with van der Waals surface area (Å²) in [5.74, 6) is 2.30. The van der Waals surface area contributed by atoms with Gasteiger partial charge in [-0.05, 0) is 99.2 Å². The first kappa shape index (κ1) is 28.2. The Morgan fingerprint density at radius 1 is 0.909 bits per heavy atom. The lowest BCUT2D eigenvalue weighted by Gasteiger charge is -2.29. The second-order valence-electron chi connectivity index (χ2n) is 11.5. The van der Waals surface area contributed by atoms with Crippen molar-refractivity contribution in [1.29, 1.82) is 0 Å². The Morgan fingerprint density at radius 2 is 1.73 bits per heavy atom. The third kappa shape index (κ3) is 5.32. The molecule has 1 saturated heterocycles. The molecule has 4 heterocycles. The van der Waals surface area contributed by atoms with Crippen LogP contribution in [0, 0.1) is 20.8 Å². The predicted molar refractivity (Wildman–Crippen MR) is 177 cm³/mol. The molecule has 3 aromatic heterocycles. The standard InChI is InChI=1S/C34H35ClN8O/c1-21-7-12-30-28(20-37-41-30)32(21)26-18-31-27(17-29(26)35)33(42-14-5-4-6-15-42)40-34(39-31)36-13-16-44-25-10-8-24(9-11-25)43-23(3)22(2)19-38-43/h7-12,17-20H,4-6,13-16H2,1-3H3,(H,37,41)(H,36,39,40). The Labute approximate surface area is 261 Å². The minimum atomic E-state index is 0.466. The summed E-state index contributed by atoms with van der Waals surface area (Å²) in [7, 11) is 0. The van der Waals surface area contributed by atoms with Gasteiger partial charge in [-0.25, -0.2) is 9.67 Å². The highest BCUT2D eigenvalue weighted by Crippen LogP contribution is 2.40. The van der Waals surface area contributed by atoms with Crippen LogP contribution in [0.25, 0.3) is 38.6 Å². The largest absolute Gasteiger partial charge is 0.492 e. The number of H-pyrrole nitrogens is 1. The van der Waals surface area contributed by atoms with Gasteiger partial charge in [0.25, 0.3) is 0 Å². The topological polar surface area (TPSA) is 96.8 Å². The smallest absolute Gasteiger partial charge is 0.225 e. The molecule has 9 nitrogen and oxygen atoms in total. The Morgan fingerprint density at radius 3 is 2.50 bits per heavy atom. The van der Waals surface area contributed by atoms with E-state index < -0.39 is 0 Å². The molecule has 0 saturated carbocycles. The predicted octanol–water partition coefficient (Wildman–Crippen LogP) is 7.42. The van der Waals surface area contributed by atoms with Crippen molar-refractivity contribution in [2.45, 2.75) is 40.0 Å². The minimum absolute atomic E-state index is 0.466. The first-order chi connectivity index (χ1) is 21.5. The van der Waals surface area contributed by atoms with E-state index in [0.717, 1.165) is 87.4 Å². The molecule has 1 aliphatic heterocycles. The number of nitrogens with one attached hydrogen (secondary N) is 2. The van der Waals surface area contributed by atoms with E-state index in [1.165, 1.54) is 12.0 Å². The molecule has 0 unspecified atom stereocenters. The highest BCUT2D eigenvalue weighted by molar-refractivity contribution is 6.35. The van der Waals surface area contributed by atoms with Gasteiger partial charge in [-0.1, -0.05) is 17.7 Å². The Hall–Kier alpha value is -4.63. The van der Waals surface area contributed by atoms with Gasteiger partial charge in [-0.15, -0.1) is 0 Å². The van der Waals surface area contributed by atoms with Crippen LogP contribution in [0.4, 0.5) is 11.8 Å². The zero-order valence-corrected chi connectivity index (χ0v) is 25.9. The lowest BCUT2D eigenvalue weighted by molar-refractivity contribution is 0.332. The summed E-state index contributed by atoms with van der Waals surface area (Å²) in [5.41, 5.74) is 8.26. The van der Waals surface area contributed by atoms with E-state index in [1.807, 2.05) is 53.5 Å². The Bertz CT molecular complexity index is 1960. The molecule has 0 amide bonds. The molecule has 6 aromatic rings. The third-order valence-electron chi connectivity index (χ3n) is 8.51. The van der Waals surface area contributed by atoms with Crippen molar-refractivity contribution in [1.82, 2.24) is 29.9 Å². The fourth-order valence-electron chi connectivity index (χ4n) is 6.00. The lowest BCUT2D eigenvalue weighted by Crippen LogP contribution is -2.30. The van der Waals surface area contributed by atoms with Crippen LogP contribution in [0.2, 0.25) is 5.02 Å². The summed E-state index contributed by atoms with van der Waals surface area (Å²) < 4.78 is 7.98. The lowest BCUT2D eigenvalue weighted by atomic mass is 9.96. The van der Waals surface area contributed by atoms with Gasteiger partial charge < -0.3 is 15.0 Å². The van der Waals surface area contributed by atoms with E-state index in [9.17, 15) is 0 Å². The fourth-order valence-corrected chi connectivity index (χ4v) is 6.26. The zero-order chi connectivity index (χ0) is 30.2. The van der Waals surface area contributed by atoms with Crippen LogP contribution in [-0.4, -0.2) is 56.2 Å². The molecule has 0 aliphatic carbocycles. The van der Waals surface area contributed by atoms with Gasteiger partial charge in [0.05, 0.1) is 35.7 Å². The van der Waals surface area contributed by atoms with Crippen molar-refractivity contribution >= 4 is 45.2 Å². The van der Waals surface area contributed by atoms with Crippen LogP contribution in [0.3, 0.4) is 0 Å². The molecule has 44 heavy (non-hydrogen) atoms. The first-order valence-corrected chi connectivity index (χ1v) is 15.5. The highest BCUT2D eigenvalue weighted by atomic mass is 35.5. The van der Waals surface area contributed by atoms with E-state index in [4.69, 9.17) is 26.3 Å². The van der Waals surface area contributed by atoms with Crippen molar-refractivity contribution in [3.63, 3.8) is 0 Å². The molecule has 0 bridgehead atoms. The summed E-state index contributed by atoms with van der Waals surface area (Å²) >= 11 is 7.00. The van der Waals surface area contributed by atoms with Crippen molar-refractivity contribution in [2.24, 2.45) is 0 Å². The second kappa shape index (κ2) is 11.8. The molecule has 7 rings (SSSR count). The molecule has 0 spiro atoms. The maximum absolute atomic E-state index is 7.00. The van der Waals surface area contributed by atoms with Crippen LogP contribution in [0.15, 0.2) is 60.9 Å². The quantitative estimate of drug-likeness (QED) is 0.174. The van der Waals surface area contributed by atoms with Crippen molar-refractivity contribution < 1.29 is 4.74 Å². The van der Waals surface area contributed by atoms with Gasteiger partial charge in [0.1, 0.15) is 18.2 Å². The van der Waals surface area contributed by atoms with E-state index in [2.05, 4.69) is 58.4 Å². The number of halogens is 1. The SMILES string of the molecule is Cc1ccc2[nH]ncc2c1-c1cc2nc(NCCOc3ccc(-n4ncc(C)c4C)cc3)nc(N3CCCCC3)c2cc1Cl. The van der Waals surface area contributed by atoms with Gasteiger partial charge >= 0.3 is 0 Å². The van der Waals surface area contributed by atoms with Crippen LogP contribution in [-0.2, 0) is 0 Å². The zero-order valence-electron chi connectivity index (χ0n) is 25.2. The van der Waals surface area contributed by atoms with Crippen LogP contribution in [0.1, 0.15) is 36.1 Å². The Balaban J connectivity index is 1.14. The van der Waals surface area contributed by atoms with Gasteiger partial charge in [0, 0.05) is 40.1 Å². The number of anilines is 2. The van der Waals surface area contributed by atoms with Crippen LogP contribution < -0.4 is 15.0 Å². The molecule has 0 radical (unpaired) electrons. The van der Waals surface area contributed by atoms with Crippen molar-refractivity contribution in [2.75, 3.05) is 36.5 Å². The molecule has 1 fully saturated rings. The number of piperidine rings is 1. The first-order valence-electron chi connectivity index (χ1n) is 15.1. The van der Waals surface area contributed by atoms with E-state index >= 15 is 0 Å². The monoisotopic (exact) mass is 606 g/mol. The number of hydrogen-bond donors (Lipinski definition) is 2. The van der Waals surface area contributed by atoms with E-state index in [1.54, 1.807) is 0 Å². The number of fused-ring (bicyclic) bond motifs is 2. The van der Waals surface area contributed by atoms with Gasteiger partial charge in [-0.2, -0.15) is 15.2 Å². The molecule has 10 heteroatoms. The summed E-state index contributed by atoms with van der Waals surface area (Å²) in [6.45, 7) is 9.19. The molecule has 224 valence electrons. The number of nitrogens with zero attached hydrogens (tertiary/aromatic N) is 6. The van der Waals surface area contributed by atoms with Crippen LogP contribution in [0.5, 0.6) is 5.75 Å².